The van der Waals surface area contributed by atoms with E-state index >= 15 is 0 Å². The molecule has 1 saturated heterocycles. The molecule has 0 aliphatic carbocycles. The Kier molecular flexibility index (Phi) is 7.06. The summed E-state index contributed by atoms with van der Waals surface area (Å²) in [6, 6.07) is 0.817. The van der Waals surface area contributed by atoms with Crippen LogP contribution in [0.2, 0.25) is 0 Å². The van der Waals surface area contributed by atoms with Crippen molar-refractivity contribution >= 4 is 0 Å². The van der Waals surface area contributed by atoms with E-state index in [-0.39, 0.29) is 0 Å². The van der Waals surface area contributed by atoms with Crippen molar-refractivity contribution in [2.45, 2.75) is 58.4 Å². The van der Waals surface area contributed by atoms with Gasteiger partial charge in [0.25, 0.3) is 0 Å². The fourth-order valence-corrected chi connectivity index (χ4v) is 2.89. The van der Waals surface area contributed by atoms with E-state index in [1.165, 1.54) is 58.2 Å². The molecule has 1 N–H and O–H groups in total. The lowest BCUT2D eigenvalue weighted by atomic mass is 9.97. The molecule has 0 bridgehead atoms. The van der Waals surface area contributed by atoms with Crippen LogP contribution in [0.1, 0.15) is 52.4 Å². The van der Waals surface area contributed by atoms with E-state index in [0.717, 1.165) is 12.0 Å². The molecule has 16 heavy (non-hydrogen) atoms. The van der Waals surface area contributed by atoms with E-state index in [1.807, 2.05) is 0 Å². The molecule has 0 aromatic heterocycles. The van der Waals surface area contributed by atoms with Crippen LogP contribution in [0.3, 0.4) is 0 Å². The molecule has 1 aliphatic heterocycles. The van der Waals surface area contributed by atoms with Gasteiger partial charge in [0.05, 0.1) is 0 Å². The molecule has 0 aromatic carbocycles. The van der Waals surface area contributed by atoms with Gasteiger partial charge in [-0.15, -0.1) is 0 Å². The number of hydrogen-bond acceptors (Lipinski definition) is 2. The Balaban J connectivity index is 2.31. The first-order chi connectivity index (χ1) is 7.77. The second kappa shape index (κ2) is 8.08. The van der Waals surface area contributed by atoms with Crippen LogP contribution in [0.15, 0.2) is 0 Å². The molecule has 1 aliphatic rings. The topological polar surface area (TPSA) is 15.3 Å². The summed E-state index contributed by atoms with van der Waals surface area (Å²) in [6.07, 6.45) is 8.15. The summed E-state index contributed by atoms with van der Waals surface area (Å²) in [7, 11) is 2.32. The smallest absolute Gasteiger partial charge is 0.00921 e. The normalized spacial score (nSPS) is 21.9. The van der Waals surface area contributed by atoms with Crippen LogP contribution >= 0.6 is 0 Å². The van der Waals surface area contributed by atoms with Crippen LogP contribution in [0.25, 0.3) is 0 Å². The minimum absolute atomic E-state index is 0.817. The highest BCUT2D eigenvalue weighted by Gasteiger charge is 2.19. The van der Waals surface area contributed by atoms with Crippen LogP contribution in [0, 0.1) is 5.92 Å². The molecular weight excluding hydrogens is 196 g/mol. The Morgan fingerprint density at radius 2 is 1.94 bits per heavy atom. The van der Waals surface area contributed by atoms with Crippen molar-refractivity contribution in [3.63, 3.8) is 0 Å². The summed E-state index contributed by atoms with van der Waals surface area (Å²) in [5.74, 6) is 0.884. The number of hydrogen-bond donors (Lipinski definition) is 1. The van der Waals surface area contributed by atoms with Gasteiger partial charge in [-0.1, -0.05) is 26.7 Å². The molecule has 1 rings (SSSR count). The van der Waals surface area contributed by atoms with E-state index in [1.54, 1.807) is 0 Å². The third-order valence-corrected chi connectivity index (χ3v) is 3.81. The van der Waals surface area contributed by atoms with Gasteiger partial charge < -0.3 is 10.2 Å². The van der Waals surface area contributed by atoms with Crippen molar-refractivity contribution in [2.75, 3.05) is 26.7 Å². The predicted molar refractivity (Wildman–Crippen MR) is 71.8 cm³/mol. The summed E-state index contributed by atoms with van der Waals surface area (Å²) < 4.78 is 0. The van der Waals surface area contributed by atoms with Crippen molar-refractivity contribution in [2.24, 2.45) is 5.92 Å². The first-order valence-electron chi connectivity index (χ1n) is 7.18. The maximum atomic E-state index is 3.52. The first-order valence-corrected chi connectivity index (χ1v) is 7.18. The minimum atomic E-state index is 0.817. The number of nitrogens with one attached hydrogen (secondary N) is 1. The summed E-state index contributed by atoms with van der Waals surface area (Å²) in [5.41, 5.74) is 0. The Morgan fingerprint density at radius 1 is 1.25 bits per heavy atom. The van der Waals surface area contributed by atoms with Crippen LogP contribution in [0.5, 0.6) is 0 Å². The van der Waals surface area contributed by atoms with Crippen LogP contribution in [0.4, 0.5) is 0 Å². The fraction of sp³-hybridized carbons (Fsp3) is 1.00. The highest BCUT2D eigenvalue weighted by molar-refractivity contribution is 4.75. The third kappa shape index (κ3) is 4.84. The number of rotatable bonds is 7. The molecule has 0 radical (unpaired) electrons. The lowest BCUT2D eigenvalue weighted by Gasteiger charge is -2.33. The van der Waals surface area contributed by atoms with E-state index in [2.05, 4.69) is 31.1 Å². The van der Waals surface area contributed by atoms with E-state index < -0.39 is 0 Å². The lowest BCUT2D eigenvalue weighted by molar-refractivity contribution is 0.171. The average molecular weight is 226 g/mol. The van der Waals surface area contributed by atoms with Gasteiger partial charge in [0.1, 0.15) is 0 Å². The summed E-state index contributed by atoms with van der Waals surface area (Å²) in [4.78, 5) is 2.62. The fourth-order valence-electron chi connectivity index (χ4n) is 2.89. The summed E-state index contributed by atoms with van der Waals surface area (Å²) in [6.45, 7) is 8.36. The Morgan fingerprint density at radius 3 is 2.44 bits per heavy atom. The zero-order valence-electron chi connectivity index (χ0n) is 11.5. The first kappa shape index (κ1) is 14.0. The molecule has 0 aromatic rings. The Bertz CT molecular complexity index is 158. The van der Waals surface area contributed by atoms with E-state index in [9.17, 15) is 0 Å². The number of nitrogens with zero attached hydrogens (tertiary/aromatic N) is 1. The summed E-state index contributed by atoms with van der Waals surface area (Å²) in [5, 5.41) is 3.52. The van der Waals surface area contributed by atoms with Gasteiger partial charge in [0, 0.05) is 12.6 Å². The minimum Gasteiger partial charge on any atom is -0.316 e. The monoisotopic (exact) mass is 226 g/mol. The van der Waals surface area contributed by atoms with E-state index in [0.29, 0.717) is 0 Å². The Labute approximate surface area is 102 Å². The van der Waals surface area contributed by atoms with Gasteiger partial charge in [0.2, 0.25) is 0 Å². The van der Waals surface area contributed by atoms with Gasteiger partial charge in [-0.25, -0.2) is 0 Å². The molecule has 1 unspecified atom stereocenters. The van der Waals surface area contributed by atoms with Crippen LogP contribution in [-0.2, 0) is 0 Å². The molecule has 2 nitrogen and oxygen atoms in total. The van der Waals surface area contributed by atoms with Crippen LogP contribution < -0.4 is 5.32 Å². The molecule has 1 fully saturated rings. The second-order valence-electron chi connectivity index (χ2n) is 5.38. The number of piperidine rings is 1. The highest BCUT2D eigenvalue weighted by atomic mass is 15.1. The zero-order valence-corrected chi connectivity index (χ0v) is 11.5. The van der Waals surface area contributed by atoms with Gasteiger partial charge in [-0.3, -0.25) is 0 Å². The lowest BCUT2D eigenvalue weighted by Crippen LogP contribution is -2.41. The van der Waals surface area contributed by atoms with Crippen molar-refractivity contribution in [1.29, 1.82) is 0 Å². The van der Waals surface area contributed by atoms with Crippen molar-refractivity contribution in [3.8, 4) is 0 Å². The van der Waals surface area contributed by atoms with Crippen molar-refractivity contribution in [3.05, 3.63) is 0 Å². The van der Waals surface area contributed by atoms with Gasteiger partial charge in [-0.05, 0) is 51.7 Å². The van der Waals surface area contributed by atoms with Crippen LogP contribution in [-0.4, -0.2) is 37.6 Å². The predicted octanol–water partition coefficient (Wildman–Crippen LogP) is 2.89. The maximum Gasteiger partial charge on any atom is 0.00921 e. The largest absolute Gasteiger partial charge is 0.316 e. The zero-order chi connectivity index (χ0) is 11.8. The molecule has 1 atom stereocenters. The third-order valence-electron chi connectivity index (χ3n) is 3.81. The summed E-state index contributed by atoms with van der Waals surface area (Å²) >= 11 is 0. The quantitative estimate of drug-likeness (QED) is 0.718. The van der Waals surface area contributed by atoms with Gasteiger partial charge in [-0.2, -0.15) is 0 Å². The highest BCUT2D eigenvalue weighted by Crippen LogP contribution is 2.16. The standard InChI is InChI=1S/C14H30N2/c1-4-7-14(8-5-2)16(3)12-13-9-6-10-15-11-13/h13-15H,4-12H2,1-3H3. The average Bonchev–Trinajstić information content (AvgIpc) is 2.30. The second-order valence-corrected chi connectivity index (χ2v) is 5.38. The molecule has 96 valence electrons. The molecule has 2 heteroatoms. The van der Waals surface area contributed by atoms with Crippen molar-refractivity contribution in [1.82, 2.24) is 10.2 Å². The SMILES string of the molecule is CCCC(CCC)N(C)CC1CCCNC1. The molecule has 0 saturated carbocycles. The van der Waals surface area contributed by atoms with E-state index in [4.69, 9.17) is 0 Å². The Hall–Kier alpha value is -0.0800. The molecular formula is C14H30N2. The van der Waals surface area contributed by atoms with Gasteiger partial charge in [0.15, 0.2) is 0 Å². The van der Waals surface area contributed by atoms with Crippen molar-refractivity contribution < 1.29 is 0 Å². The molecule has 0 amide bonds. The molecule has 0 spiro atoms. The molecule has 1 heterocycles. The van der Waals surface area contributed by atoms with Gasteiger partial charge >= 0.3 is 0 Å². The maximum absolute atomic E-state index is 3.52.